The third kappa shape index (κ3) is 5.62. The minimum absolute atomic E-state index is 0.0447. The first-order valence-electron chi connectivity index (χ1n) is 7.90. The van der Waals surface area contributed by atoms with Gasteiger partial charge in [-0.2, -0.15) is 0 Å². The van der Waals surface area contributed by atoms with Crippen LogP contribution in [0.15, 0.2) is 0 Å². The highest BCUT2D eigenvalue weighted by molar-refractivity contribution is 6.74. The van der Waals surface area contributed by atoms with Crippen LogP contribution in [0.4, 0.5) is 0 Å². The van der Waals surface area contributed by atoms with Crippen LogP contribution in [-0.4, -0.2) is 49.9 Å². The SMILES string of the molecule is CC(C)(C)[Si](C)(C)OCC[C@@H](NC(=O)[C@H]1CCC(=O)N1)C(=O)O. The van der Waals surface area contributed by atoms with E-state index >= 15 is 0 Å². The van der Waals surface area contributed by atoms with Gasteiger partial charge in [-0.05, 0) is 24.6 Å². The van der Waals surface area contributed by atoms with Crippen molar-refractivity contribution < 1.29 is 23.9 Å². The summed E-state index contributed by atoms with van der Waals surface area (Å²) >= 11 is 0. The van der Waals surface area contributed by atoms with E-state index in [-0.39, 0.29) is 24.0 Å². The fourth-order valence-corrected chi connectivity index (χ4v) is 3.05. The molecule has 1 fully saturated rings. The molecule has 0 saturated carbocycles. The molecule has 132 valence electrons. The molecule has 0 aliphatic carbocycles. The summed E-state index contributed by atoms with van der Waals surface area (Å²) in [5.74, 6) is -1.73. The lowest BCUT2D eigenvalue weighted by molar-refractivity contribution is -0.142. The molecule has 0 unspecified atom stereocenters. The zero-order valence-corrected chi connectivity index (χ0v) is 15.6. The largest absolute Gasteiger partial charge is 0.480 e. The summed E-state index contributed by atoms with van der Waals surface area (Å²) in [5, 5.41) is 14.3. The second kappa shape index (κ2) is 7.44. The molecule has 0 aromatic rings. The Morgan fingerprint density at radius 3 is 2.48 bits per heavy atom. The normalized spacial score (nSPS) is 20.0. The van der Waals surface area contributed by atoms with Crippen molar-refractivity contribution in [3.63, 3.8) is 0 Å². The Kier molecular flexibility index (Phi) is 6.35. The Morgan fingerprint density at radius 1 is 1.43 bits per heavy atom. The highest BCUT2D eigenvalue weighted by Crippen LogP contribution is 2.36. The van der Waals surface area contributed by atoms with Gasteiger partial charge in [0.15, 0.2) is 8.32 Å². The second-order valence-electron chi connectivity index (χ2n) is 7.46. The van der Waals surface area contributed by atoms with E-state index < -0.39 is 32.3 Å². The van der Waals surface area contributed by atoms with Crippen LogP contribution in [0.1, 0.15) is 40.0 Å². The lowest BCUT2D eigenvalue weighted by Gasteiger charge is -2.36. The molecule has 1 saturated heterocycles. The third-order valence-electron chi connectivity index (χ3n) is 4.60. The zero-order chi connectivity index (χ0) is 17.8. The number of carboxylic acids is 1. The number of carbonyl (C=O) groups is 3. The molecule has 1 rings (SSSR count). The van der Waals surface area contributed by atoms with E-state index in [9.17, 15) is 19.5 Å². The van der Waals surface area contributed by atoms with Crippen molar-refractivity contribution in [2.75, 3.05) is 6.61 Å². The fourth-order valence-electron chi connectivity index (χ4n) is 1.99. The van der Waals surface area contributed by atoms with Gasteiger partial charge >= 0.3 is 5.97 Å². The van der Waals surface area contributed by atoms with Crippen molar-refractivity contribution in [2.24, 2.45) is 0 Å². The van der Waals surface area contributed by atoms with Crippen molar-refractivity contribution in [2.45, 2.75) is 70.2 Å². The van der Waals surface area contributed by atoms with E-state index in [0.717, 1.165) is 0 Å². The molecule has 0 bridgehead atoms. The smallest absolute Gasteiger partial charge is 0.326 e. The summed E-state index contributed by atoms with van der Waals surface area (Å²) in [7, 11) is -1.94. The molecule has 0 aromatic heterocycles. The van der Waals surface area contributed by atoms with Gasteiger partial charge in [-0.3, -0.25) is 9.59 Å². The Labute approximate surface area is 138 Å². The van der Waals surface area contributed by atoms with Gasteiger partial charge < -0.3 is 20.2 Å². The molecule has 0 spiro atoms. The summed E-state index contributed by atoms with van der Waals surface area (Å²) in [6.07, 6.45) is 0.899. The molecular formula is C15H28N2O5Si. The number of carbonyl (C=O) groups excluding carboxylic acids is 2. The van der Waals surface area contributed by atoms with Gasteiger partial charge in [0.25, 0.3) is 0 Å². The highest BCUT2D eigenvalue weighted by atomic mass is 28.4. The molecule has 7 nitrogen and oxygen atoms in total. The van der Waals surface area contributed by atoms with Crippen LogP contribution in [0, 0.1) is 0 Å². The van der Waals surface area contributed by atoms with Crippen molar-refractivity contribution in [1.82, 2.24) is 10.6 Å². The van der Waals surface area contributed by atoms with Gasteiger partial charge in [0.05, 0.1) is 0 Å². The first-order chi connectivity index (χ1) is 10.4. The summed E-state index contributed by atoms with van der Waals surface area (Å²) in [6.45, 7) is 10.8. The van der Waals surface area contributed by atoms with Crippen molar-refractivity contribution in [3.8, 4) is 0 Å². The maximum Gasteiger partial charge on any atom is 0.326 e. The van der Waals surface area contributed by atoms with Gasteiger partial charge in [-0.25, -0.2) is 4.79 Å². The Hall–Kier alpha value is -1.41. The lowest BCUT2D eigenvalue weighted by Crippen LogP contribution is -2.49. The molecular weight excluding hydrogens is 316 g/mol. The Bertz CT molecular complexity index is 473. The number of carboxylic acid groups (broad SMARTS) is 1. The highest BCUT2D eigenvalue weighted by Gasteiger charge is 2.37. The van der Waals surface area contributed by atoms with Gasteiger partial charge in [-0.1, -0.05) is 20.8 Å². The first kappa shape index (κ1) is 19.6. The number of rotatable bonds is 7. The van der Waals surface area contributed by atoms with Crippen molar-refractivity contribution in [1.29, 1.82) is 0 Å². The van der Waals surface area contributed by atoms with Crippen LogP contribution in [0.5, 0.6) is 0 Å². The minimum atomic E-state index is -1.94. The summed E-state index contributed by atoms with van der Waals surface area (Å²) < 4.78 is 5.95. The van der Waals surface area contributed by atoms with Gasteiger partial charge in [-0.15, -0.1) is 0 Å². The van der Waals surface area contributed by atoms with E-state index in [1.807, 2.05) is 0 Å². The maximum atomic E-state index is 12.0. The van der Waals surface area contributed by atoms with Crippen LogP contribution >= 0.6 is 0 Å². The average Bonchev–Trinajstić information content (AvgIpc) is 2.82. The molecule has 23 heavy (non-hydrogen) atoms. The van der Waals surface area contributed by atoms with Gasteiger partial charge in [0, 0.05) is 19.4 Å². The number of nitrogens with one attached hydrogen (secondary N) is 2. The fraction of sp³-hybridized carbons (Fsp3) is 0.800. The van der Waals surface area contributed by atoms with E-state index in [1.54, 1.807) is 0 Å². The van der Waals surface area contributed by atoms with E-state index in [1.165, 1.54) is 0 Å². The summed E-state index contributed by atoms with van der Waals surface area (Å²) in [5.41, 5.74) is 0. The van der Waals surface area contributed by atoms with E-state index in [2.05, 4.69) is 44.5 Å². The molecule has 2 amide bonds. The molecule has 0 aromatic carbocycles. The molecule has 1 heterocycles. The van der Waals surface area contributed by atoms with E-state index in [4.69, 9.17) is 4.43 Å². The molecule has 2 atom stereocenters. The van der Waals surface area contributed by atoms with Crippen LogP contribution < -0.4 is 10.6 Å². The molecule has 1 aliphatic rings. The molecule has 0 radical (unpaired) electrons. The standard InChI is InChI=1S/C15H28N2O5Si/c1-15(2,3)23(4,5)22-9-8-11(14(20)21)17-13(19)10-6-7-12(18)16-10/h10-11H,6-9H2,1-5H3,(H,16,18)(H,17,19)(H,20,21)/t10-,11-/m1/s1. The summed E-state index contributed by atoms with van der Waals surface area (Å²) in [6, 6.07) is -1.64. The summed E-state index contributed by atoms with van der Waals surface area (Å²) in [4.78, 5) is 34.5. The van der Waals surface area contributed by atoms with Crippen molar-refractivity contribution >= 4 is 26.1 Å². The average molecular weight is 344 g/mol. The predicted octanol–water partition coefficient (Wildman–Crippen LogP) is 1.25. The maximum absolute atomic E-state index is 12.0. The van der Waals surface area contributed by atoms with Crippen LogP contribution in [-0.2, 0) is 18.8 Å². The van der Waals surface area contributed by atoms with Crippen molar-refractivity contribution in [3.05, 3.63) is 0 Å². The first-order valence-corrected chi connectivity index (χ1v) is 10.8. The van der Waals surface area contributed by atoms with Crippen LogP contribution in [0.3, 0.4) is 0 Å². The van der Waals surface area contributed by atoms with Gasteiger partial charge in [0.1, 0.15) is 12.1 Å². The van der Waals surface area contributed by atoms with Gasteiger partial charge in [0.2, 0.25) is 11.8 Å². The number of hydrogen-bond acceptors (Lipinski definition) is 4. The number of amides is 2. The Balaban J connectivity index is 2.51. The monoisotopic (exact) mass is 344 g/mol. The van der Waals surface area contributed by atoms with Crippen LogP contribution in [0.2, 0.25) is 18.1 Å². The minimum Gasteiger partial charge on any atom is -0.480 e. The molecule has 3 N–H and O–H groups in total. The molecule has 8 heteroatoms. The van der Waals surface area contributed by atoms with Crippen LogP contribution in [0.25, 0.3) is 0 Å². The Morgan fingerprint density at radius 2 is 2.04 bits per heavy atom. The number of aliphatic carboxylic acids is 1. The lowest BCUT2D eigenvalue weighted by atomic mass is 10.1. The van der Waals surface area contributed by atoms with E-state index in [0.29, 0.717) is 12.8 Å². The zero-order valence-electron chi connectivity index (χ0n) is 14.6. The number of hydrogen-bond donors (Lipinski definition) is 3. The second-order valence-corrected chi connectivity index (χ2v) is 12.3. The third-order valence-corrected chi connectivity index (χ3v) is 9.14. The topological polar surface area (TPSA) is 105 Å². The quantitative estimate of drug-likeness (QED) is 0.603. The predicted molar refractivity (Wildman–Crippen MR) is 88.5 cm³/mol. The molecule has 1 aliphatic heterocycles.